The molecule has 1 aromatic heterocycles. The van der Waals surface area contributed by atoms with Crippen molar-refractivity contribution in [2.45, 2.75) is 6.92 Å². The van der Waals surface area contributed by atoms with Crippen LogP contribution in [-0.4, -0.2) is 4.98 Å². The zero-order valence-electron chi connectivity index (χ0n) is 10.1. The number of fused-ring (bicyclic) bond motifs is 1. The number of para-hydroxylation sites is 1. The Labute approximate surface area is 105 Å². The normalized spacial score (nSPS) is 10.7. The van der Waals surface area contributed by atoms with E-state index in [1.165, 1.54) is 0 Å². The van der Waals surface area contributed by atoms with Gasteiger partial charge >= 0.3 is 0 Å². The quantitative estimate of drug-likeness (QED) is 0.688. The van der Waals surface area contributed by atoms with Crippen LogP contribution in [0.1, 0.15) is 5.56 Å². The number of aromatic amines is 1. The summed E-state index contributed by atoms with van der Waals surface area (Å²) in [4.78, 5) is 15.1. The Kier molecular flexibility index (Phi) is 2.49. The first-order valence-electron chi connectivity index (χ1n) is 5.94. The molecular weight excluding hydrogens is 222 g/mol. The average Bonchev–Trinajstić information content (AvgIpc) is 2.40. The first-order valence-corrected chi connectivity index (χ1v) is 5.94. The summed E-state index contributed by atoms with van der Waals surface area (Å²) in [6.07, 6.45) is 0. The Balaban J connectivity index is 2.41. The lowest BCUT2D eigenvalue weighted by molar-refractivity contribution is 1.28. The van der Waals surface area contributed by atoms with E-state index in [0.717, 1.165) is 27.6 Å². The molecule has 0 aliphatic rings. The Morgan fingerprint density at radius 3 is 2.33 bits per heavy atom. The molecule has 0 spiro atoms. The van der Waals surface area contributed by atoms with Crippen LogP contribution in [0.3, 0.4) is 0 Å². The SMILES string of the molecule is Cc1c(-c2ccccc2)c(=O)[nH]c2ccccc12. The number of aromatic nitrogens is 1. The Bertz CT molecular complexity index is 757. The largest absolute Gasteiger partial charge is 0.321 e. The van der Waals surface area contributed by atoms with E-state index >= 15 is 0 Å². The highest BCUT2D eigenvalue weighted by atomic mass is 16.1. The molecule has 0 atom stereocenters. The molecule has 3 aromatic rings. The average molecular weight is 235 g/mol. The zero-order valence-corrected chi connectivity index (χ0v) is 10.1. The maximum absolute atomic E-state index is 12.2. The number of benzene rings is 2. The van der Waals surface area contributed by atoms with Crippen LogP contribution in [0.15, 0.2) is 59.4 Å². The van der Waals surface area contributed by atoms with Gasteiger partial charge in [0.25, 0.3) is 5.56 Å². The van der Waals surface area contributed by atoms with Crippen LogP contribution in [0.5, 0.6) is 0 Å². The predicted molar refractivity (Wildman–Crippen MR) is 74.7 cm³/mol. The lowest BCUT2D eigenvalue weighted by Crippen LogP contribution is -2.11. The summed E-state index contributed by atoms with van der Waals surface area (Å²) < 4.78 is 0. The fourth-order valence-corrected chi connectivity index (χ4v) is 2.36. The first-order chi connectivity index (χ1) is 8.77. The van der Waals surface area contributed by atoms with Gasteiger partial charge in [-0.1, -0.05) is 48.5 Å². The Hall–Kier alpha value is -2.35. The minimum Gasteiger partial charge on any atom is -0.321 e. The second kappa shape index (κ2) is 4.15. The van der Waals surface area contributed by atoms with E-state index in [0.29, 0.717) is 0 Å². The Morgan fingerprint density at radius 2 is 1.56 bits per heavy atom. The van der Waals surface area contributed by atoms with Crippen LogP contribution < -0.4 is 5.56 Å². The standard InChI is InChI=1S/C16H13NO/c1-11-13-9-5-6-10-14(13)17-16(18)15(11)12-7-3-2-4-8-12/h2-10H,1H3,(H,17,18). The first kappa shape index (κ1) is 10.8. The number of rotatable bonds is 1. The van der Waals surface area contributed by atoms with Gasteiger partial charge in [-0.25, -0.2) is 0 Å². The summed E-state index contributed by atoms with van der Waals surface area (Å²) in [6, 6.07) is 17.7. The summed E-state index contributed by atoms with van der Waals surface area (Å²) in [6.45, 7) is 2.00. The van der Waals surface area contributed by atoms with Crippen molar-refractivity contribution in [1.29, 1.82) is 0 Å². The smallest absolute Gasteiger partial charge is 0.256 e. The monoisotopic (exact) mass is 235 g/mol. The third-order valence-corrected chi connectivity index (χ3v) is 3.24. The van der Waals surface area contributed by atoms with Crippen molar-refractivity contribution in [3.8, 4) is 11.1 Å². The molecule has 1 heterocycles. The van der Waals surface area contributed by atoms with E-state index in [1.54, 1.807) is 0 Å². The molecule has 0 amide bonds. The summed E-state index contributed by atoms with van der Waals surface area (Å²) in [5.41, 5.74) is 3.61. The van der Waals surface area contributed by atoms with Crippen molar-refractivity contribution in [1.82, 2.24) is 4.98 Å². The fourth-order valence-electron chi connectivity index (χ4n) is 2.36. The second-order valence-electron chi connectivity index (χ2n) is 4.37. The van der Waals surface area contributed by atoms with Gasteiger partial charge in [-0.2, -0.15) is 0 Å². The minimum atomic E-state index is -0.0302. The molecule has 2 nitrogen and oxygen atoms in total. The summed E-state index contributed by atoms with van der Waals surface area (Å²) in [5.74, 6) is 0. The third kappa shape index (κ3) is 1.63. The zero-order chi connectivity index (χ0) is 12.5. The van der Waals surface area contributed by atoms with E-state index in [1.807, 2.05) is 61.5 Å². The van der Waals surface area contributed by atoms with Gasteiger partial charge in [-0.3, -0.25) is 4.79 Å². The molecule has 0 aliphatic heterocycles. The van der Waals surface area contributed by atoms with Gasteiger partial charge < -0.3 is 4.98 Å². The van der Waals surface area contributed by atoms with Crippen molar-refractivity contribution < 1.29 is 0 Å². The predicted octanol–water partition coefficient (Wildman–Crippen LogP) is 3.50. The minimum absolute atomic E-state index is 0.0302. The van der Waals surface area contributed by atoms with Crippen molar-refractivity contribution in [2.75, 3.05) is 0 Å². The molecule has 2 heteroatoms. The maximum atomic E-state index is 12.2. The highest BCUT2D eigenvalue weighted by Gasteiger charge is 2.10. The van der Waals surface area contributed by atoms with Crippen LogP contribution in [0.25, 0.3) is 22.0 Å². The van der Waals surface area contributed by atoms with Gasteiger partial charge in [0, 0.05) is 10.9 Å². The van der Waals surface area contributed by atoms with Gasteiger partial charge in [-0.05, 0) is 24.1 Å². The molecule has 0 bridgehead atoms. The van der Waals surface area contributed by atoms with E-state index in [2.05, 4.69) is 4.98 Å². The molecule has 0 aliphatic carbocycles. The van der Waals surface area contributed by atoms with Crippen LogP contribution in [0, 0.1) is 6.92 Å². The van der Waals surface area contributed by atoms with E-state index in [4.69, 9.17) is 0 Å². The highest BCUT2D eigenvalue weighted by Crippen LogP contribution is 2.24. The summed E-state index contributed by atoms with van der Waals surface area (Å²) >= 11 is 0. The summed E-state index contributed by atoms with van der Waals surface area (Å²) in [7, 11) is 0. The molecule has 0 unspecified atom stereocenters. The molecule has 0 saturated heterocycles. The van der Waals surface area contributed by atoms with Gasteiger partial charge in [0.15, 0.2) is 0 Å². The van der Waals surface area contributed by atoms with Gasteiger partial charge in [0.1, 0.15) is 0 Å². The third-order valence-electron chi connectivity index (χ3n) is 3.24. The lowest BCUT2D eigenvalue weighted by atomic mass is 9.99. The van der Waals surface area contributed by atoms with Crippen LogP contribution >= 0.6 is 0 Å². The molecule has 3 rings (SSSR count). The number of hydrogen-bond donors (Lipinski definition) is 1. The molecule has 0 saturated carbocycles. The van der Waals surface area contributed by atoms with Gasteiger partial charge in [-0.15, -0.1) is 0 Å². The second-order valence-corrected chi connectivity index (χ2v) is 4.37. The molecule has 0 radical (unpaired) electrons. The van der Waals surface area contributed by atoms with Crippen LogP contribution in [0.4, 0.5) is 0 Å². The molecular formula is C16H13NO. The van der Waals surface area contributed by atoms with Crippen molar-refractivity contribution in [3.63, 3.8) is 0 Å². The number of nitrogens with one attached hydrogen (secondary N) is 1. The number of hydrogen-bond acceptors (Lipinski definition) is 1. The molecule has 1 N–H and O–H groups in total. The Morgan fingerprint density at radius 1 is 0.889 bits per heavy atom. The number of H-pyrrole nitrogens is 1. The van der Waals surface area contributed by atoms with Crippen LogP contribution in [-0.2, 0) is 0 Å². The summed E-state index contributed by atoms with van der Waals surface area (Å²) in [5, 5.41) is 1.09. The molecule has 0 fully saturated rings. The maximum Gasteiger partial charge on any atom is 0.256 e. The van der Waals surface area contributed by atoms with Gasteiger partial charge in [0.2, 0.25) is 0 Å². The van der Waals surface area contributed by atoms with Crippen LogP contribution in [0.2, 0.25) is 0 Å². The molecule has 2 aromatic carbocycles. The number of pyridine rings is 1. The van der Waals surface area contributed by atoms with E-state index < -0.39 is 0 Å². The van der Waals surface area contributed by atoms with Crippen molar-refractivity contribution in [3.05, 3.63) is 70.5 Å². The highest BCUT2D eigenvalue weighted by molar-refractivity contribution is 5.87. The van der Waals surface area contributed by atoms with Gasteiger partial charge in [0.05, 0.1) is 5.56 Å². The van der Waals surface area contributed by atoms with E-state index in [-0.39, 0.29) is 5.56 Å². The van der Waals surface area contributed by atoms with Crippen molar-refractivity contribution in [2.24, 2.45) is 0 Å². The van der Waals surface area contributed by atoms with E-state index in [9.17, 15) is 4.79 Å². The lowest BCUT2D eigenvalue weighted by Gasteiger charge is -2.08. The topological polar surface area (TPSA) is 32.9 Å². The fraction of sp³-hybridized carbons (Fsp3) is 0.0625. The van der Waals surface area contributed by atoms with Crippen molar-refractivity contribution >= 4 is 10.9 Å². The molecule has 18 heavy (non-hydrogen) atoms. The molecule has 88 valence electrons. The number of aryl methyl sites for hydroxylation is 1.